The summed E-state index contributed by atoms with van der Waals surface area (Å²) >= 11 is 0. The number of aliphatic hydroxyl groups is 1. The van der Waals surface area contributed by atoms with E-state index in [2.05, 4.69) is 87.5 Å². The number of hydrogen-bond donors (Lipinski definition) is 1. The Kier molecular flexibility index (Phi) is 10.6. The molecule has 0 spiro atoms. The summed E-state index contributed by atoms with van der Waals surface area (Å²) in [5.74, 6) is 0. The molecule has 3 heteroatoms. The number of allylic oxidation sites excluding steroid dienone is 1. The zero-order valence-electron chi connectivity index (χ0n) is 19.1. The van der Waals surface area contributed by atoms with E-state index in [0.717, 1.165) is 19.4 Å². The topological polar surface area (TPSA) is 29.5 Å². The largest absolute Gasteiger partial charge is 0.407 e. The third-order valence-electron chi connectivity index (χ3n) is 5.77. The van der Waals surface area contributed by atoms with E-state index in [1.165, 1.54) is 42.5 Å². The quantitative estimate of drug-likeness (QED) is 0.248. The van der Waals surface area contributed by atoms with Gasteiger partial charge >= 0.3 is 0 Å². The van der Waals surface area contributed by atoms with Crippen LogP contribution < -0.4 is 10.4 Å². The van der Waals surface area contributed by atoms with Gasteiger partial charge in [0.2, 0.25) is 0 Å². The van der Waals surface area contributed by atoms with Crippen molar-refractivity contribution in [2.45, 2.75) is 70.8 Å². The molecule has 0 saturated carbocycles. The van der Waals surface area contributed by atoms with Gasteiger partial charge in [0.1, 0.15) is 0 Å². The molecular formula is C27H40O2Si. The Labute approximate surface area is 185 Å². The van der Waals surface area contributed by atoms with Crippen LogP contribution in [0.15, 0.2) is 72.8 Å². The van der Waals surface area contributed by atoms with Gasteiger partial charge in [-0.3, -0.25) is 0 Å². The highest BCUT2D eigenvalue weighted by Crippen LogP contribution is 2.36. The van der Waals surface area contributed by atoms with E-state index in [-0.39, 0.29) is 11.6 Å². The van der Waals surface area contributed by atoms with Crippen molar-refractivity contribution in [2.24, 2.45) is 0 Å². The van der Waals surface area contributed by atoms with Crippen LogP contribution in [0, 0.1) is 0 Å². The van der Waals surface area contributed by atoms with E-state index in [1.807, 2.05) is 6.08 Å². The fraction of sp³-hybridized carbons (Fsp3) is 0.481. The lowest BCUT2D eigenvalue weighted by Gasteiger charge is -2.43. The van der Waals surface area contributed by atoms with Crippen molar-refractivity contribution >= 4 is 18.7 Å². The minimum atomic E-state index is -2.37. The van der Waals surface area contributed by atoms with Gasteiger partial charge in [-0.05, 0) is 34.7 Å². The summed E-state index contributed by atoms with van der Waals surface area (Å²) in [6, 6.07) is 21.8. The van der Waals surface area contributed by atoms with Gasteiger partial charge in [-0.15, -0.1) is 0 Å². The standard InChI is InChI=1S/C27H40O2Si/c1-27(2,3)30(25-19-13-11-14-20-25,26-21-15-12-16-22-26)29-24-18-10-8-6-4-5-7-9-17-23-28/h9,11-17,19-22,28H,4-8,10,18,23-24H2,1-3H3/b17-9-. The highest BCUT2D eigenvalue weighted by Gasteiger charge is 2.49. The van der Waals surface area contributed by atoms with Gasteiger partial charge in [0.15, 0.2) is 0 Å². The van der Waals surface area contributed by atoms with Crippen molar-refractivity contribution < 1.29 is 9.53 Å². The predicted molar refractivity (Wildman–Crippen MR) is 132 cm³/mol. The van der Waals surface area contributed by atoms with Gasteiger partial charge < -0.3 is 9.53 Å². The third-order valence-corrected chi connectivity index (χ3v) is 10.8. The second-order valence-corrected chi connectivity index (χ2v) is 13.4. The van der Waals surface area contributed by atoms with Crippen LogP contribution in [0.25, 0.3) is 0 Å². The van der Waals surface area contributed by atoms with E-state index in [0.29, 0.717) is 0 Å². The lowest BCUT2D eigenvalue weighted by molar-refractivity contribution is 0.286. The zero-order valence-corrected chi connectivity index (χ0v) is 20.1. The highest BCUT2D eigenvalue weighted by atomic mass is 28.4. The normalized spacial score (nSPS) is 12.5. The van der Waals surface area contributed by atoms with Crippen LogP contribution in [0.3, 0.4) is 0 Å². The third kappa shape index (κ3) is 6.94. The molecule has 0 heterocycles. The molecule has 2 aromatic carbocycles. The summed E-state index contributed by atoms with van der Waals surface area (Å²) in [6.07, 6.45) is 12.4. The van der Waals surface area contributed by atoms with Crippen LogP contribution in [0.4, 0.5) is 0 Å². The van der Waals surface area contributed by atoms with E-state index in [4.69, 9.17) is 9.53 Å². The maximum absolute atomic E-state index is 8.75. The Hall–Kier alpha value is -1.68. The van der Waals surface area contributed by atoms with Crippen LogP contribution in [-0.4, -0.2) is 26.6 Å². The minimum absolute atomic E-state index is 0.0534. The van der Waals surface area contributed by atoms with Crippen molar-refractivity contribution in [1.29, 1.82) is 0 Å². The molecule has 0 aliphatic heterocycles. The molecule has 30 heavy (non-hydrogen) atoms. The number of benzene rings is 2. The molecule has 2 nitrogen and oxygen atoms in total. The summed E-state index contributed by atoms with van der Waals surface area (Å²) in [5, 5.41) is 11.5. The van der Waals surface area contributed by atoms with E-state index >= 15 is 0 Å². The summed E-state index contributed by atoms with van der Waals surface area (Å²) in [7, 11) is -2.37. The number of rotatable bonds is 13. The van der Waals surface area contributed by atoms with E-state index in [1.54, 1.807) is 0 Å². The van der Waals surface area contributed by atoms with Crippen molar-refractivity contribution in [3.63, 3.8) is 0 Å². The summed E-state index contributed by atoms with van der Waals surface area (Å²) in [6.45, 7) is 8.00. The molecule has 0 radical (unpaired) electrons. The summed E-state index contributed by atoms with van der Waals surface area (Å²) in [4.78, 5) is 0. The number of aliphatic hydroxyl groups excluding tert-OH is 1. The second kappa shape index (κ2) is 12.9. The molecule has 0 atom stereocenters. The molecule has 2 rings (SSSR count). The van der Waals surface area contributed by atoms with Gasteiger partial charge in [-0.2, -0.15) is 0 Å². The van der Waals surface area contributed by atoms with Crippen molar-refractivity contribution in [3.05, 3.63) is 72.8 Å². The molecule has 164 valence electrons. The zero-order chi connectivity index (χ0) is 21.7. The fourth-order valence-electron chi connectivity index (χ4n) is 4.25. The van der Waals surface area contributed by atoms with E-state index in [9.17, 15) is 0 Å². The lowest BCUT2D eigenvalue weighted by atomic mass is 10.1. The number of unbranched alkanes of at least 4 members (excludes halogenated alkanes) is 6. The molecule has 0 aliphatic rings. The van der Waals surface area contributed by atoms with Gasteiger partial charge in [0, 0.05) is 6.61 Å². The average Bonchev–Trinajstić information content (AvgIpc) is 2.75. The van der Waals surface area contributed by atoms with Crippen LogP contribution in [0.1, 0.15) is 65.7 Å². The van der Waals surface area contributed by atoms with Gasteiger partial charge in [-0.25, -0.2) is 0 Å². The van der Waals surface area contributed by atoms with Crippen LogP contribution in [0.2, 0.25) is 5.04 Å². The maximum atomic E-state index is 8.75. The smallest absolute Gasteiger partial charge is 0.261 e. The predicted octanol–water partition coefficient (Wildman–Crippen LogP) is 5.84. The summed E-state index contributed by atoms with van der Waals surface area (Å²) < 4.78 is 6.94. The maximum Gasteiger partial charge on any atom is 0.261 e. The van der Waals surface area contributed by atoms with Crippen molar-refractivity contribution in [1.82, 2.24) is 0 Å². The Morgan fingerprint density at radius 2 is 1.23 bits per heavy atom. The Morgan fingerprint density at radius 3 is 1.73 bits per heavy atom. The first-order chi connectivity index (χ1) is 14.5. The van der Waals surface area contributed by atoms with Crippen LogP contribution in [-0.2, 0) is 4.43 Å². The molecule has 0 bridgehead atoms. The van der Waals surface area contributed by atoms with Gasteiger partial charge in [-0.1, -0.05) is 119 Å². The van der Waals surface area contributed by atoms with E-state index < -0.39 is 8.32 Å². The molecule has 0 aliphatic carbocycles. The van der Waals surface area contributed by atoms with Crippen LogP contribution in [0.5, 0.6) is 0 Å². The molecule has 0 unspecified atom stereocenters. The first kappa shape index (κ1) is 24.6. The lowest BCUT2D eigenvalue weighted by Crippen LogP contribution is -2.66. The first-order valence-electron chi connectivity index (χ1n) is 11.5. The monoisotopic (exact) mass is 424 g/mol. The van der Waals surface area contributed by atoms with Crippen molar-refractivity contribution in [3.8, 4) is 0 Å². The van der Waals surface area contributed by atoms with Gasteiger partial charge in [0.25, 0.3) is 8.32 Å². The SMILES string of the molecule is CC(C)(C)[Si](OCCCCCCCC/C=C\CO)(c1ccccc1)c1ccccc1. The Balaban J connectivity index is 1.96. The molecule has 0 aromatic heterocycles. The molecular weight excluding hydrogens is 384 g/mol. The molecule has 0 amide bonds. The van der Waals surface area contributed by atoms with Crippen molar-refractivity contribution in [2.75, 3.05) is 13.2 Å². The Morgan fingerprint density at radius 1 is 0.733 bits per heavy atom. The summed E-state index contributed by atoms with van der Waals surface area (Å²) in [5.41, 5.74) is 0. The number of hydrogen-bond acceptors (Lipinski definition) is 2. The molecule has 0 saturated heterocycles. The minimum Gasteiger partial charge on any atom is -0.407 e. The first-order valence-corrected chi connectivity index (χ1v) is 13.4. The fourth-order valence-corrected chi connectivity index (χ4v) is 8.86. The average molecular weight is 425 g/mol. The van der Waals surface area contributed by atoms with Gasteiger partial charge in [0.05, 0.1) is 6.61 Å². The second-order valence-electron chi connectivity index (χ2n) is 9.08. The Bertz CT molecular complexity index is 680. The van der Waals surface area contributed by atoms with Crippen LogP contribution >= 0.6 is 0 Å². The molecule has 2 aromatic rings. The highest BCUT2D eigenvalue weighted by molar-refractivity contribution is 6.99. The molecule has 0 fully saturated rings. The molecule has 1 N–H and O–H groups in total.